The summed E-state index contributed by atoms with van der Waals surface area (Å²) in [5.41, 5.74) is 0. The van der Waals surface area contributed by atoms with Gasteiger partial charge in [-0.3, -0.25) is 4.79 Å². The van der Waals surface area contributed by atoms with Crippen LogP contribution in [0, 0.1) is 0 Å². The summed E-state index contributed by atoms with van der Waals surface area (Å²) in [6.07, 6.45) is 32.6. The van der Waals surface area contributed by atoms with E-state index < -0.39 is 61.5 Å². The molecule has 10 heteroatoms. The molecule has 8 atom stereocenters. The van der Waals surface area contributed by atoms with Gasteiger partial charge in [0, 0.05) is 0 Å². The Balaban J connectivity index is 2.44. The molecule has 0 aromatic carbocycles. The molecule has 0 aromatic rings. The Hall–Kier alpha value is -1.37. The van der Waals surface area contributed by atoms with E-state index in [-0.39, 0.29) is 6.61 Å². The summed E-state index contributed by atoms with van der Waals surface area (Å²) in [4.78, 5) is 13.0. The van der Waals surface area contributed by atoms with Crippen LogP contribution in [0.4, 0.5) is 0 Å². The van der Waals surface area contributed by atoms with Crippen LogP contribution in [-0.4, -0.2) is 98.7 Å². The highest BCUT2D eigenvalue weighted by atomic mass is 16.7. The lowest BCUT2D eigenvalue weighted by atomic mass is 9.99. The molecule has 10 nitrogen and oxygen atoms in total. The number of nitrogens with one attached hydrogen (secondary N) is 1. The van der Waals surface area contributed by atoms with Crippen LogP contribution in [0.2, 0.25) is 0 Å². The summed E-state index contributed by atoms with van der Waals surface area (Å²) >= 11 is 0. The van der Waals surface area contributed by atoms with Crippen LogP contribution >= 0.6 is 0 Å². The maximum absolute atomic E-state index is 13.0. The van der Waals surface area contributed by atoms with Gasteiger partial charge in [-0.2, -0.15) is 0 Å². The van der Waals surface area contributed by atoms with Crippen LogP contribution in [0.5, 0.6) is 0 Å². The Kier molecular flexibility index (Phi) is 34.5. The molecule has 0 aromatic heterocycles. The van der Waals surface area contributed by atoms with Crippen molar-refractivity contribution in [3.8, 4) is 0 Å². The molecule has 0 spiro atoms. The number of hydrogen-bond donors (Lipinski definition) is 7. The molecule has 330 valence electrons. The Morgan fingerprint density at radius 2 is 1.05 bits per heavy atom. The summed E-state index contributed by atoms with van der Waals surface area (Å²) in [5, 5.41) is 64.6. The van der Waals surface area contributed by atoms with E-state index in [1.807, 2.05) is 6.08 Å². The Labute approximate surface area is 341 Å². The number of allylic oxidation sites excluding steroid dienone is 3. The van der Waals surface area contributed by atoms with Crippen molar-refractivity contribution in [2.45, 2.75) is 249 Å². The van der Waals surface area contributed by atoms with E-state index in [0.717, 1.165) is 32.1 Å². The van der Waals surface area contributed by atoms with Gasteiger partial charge in [0.2, 0.25) is 5.91 Å². The number of aliphatic hydroxyl groups is 6. The highest BCUT2D eigenvalue weighted by Gasteiger charge is 2.44. The van der Waals surface area contributed by atoms with Crippen molar-refractivity contribution in [1.29, 1.82) is 0 Å². The second-order valence-electron chi connectivity index (χ2n) is 16.3. The van der Waals surface area contributed by atoms with Crippen LogP contribution in [0.25, 0.3) is 0 Å². The van der Waals surface area contributed by atoms with Crippen molar-refractivity contribution in [3.05, 3.63) is 24.3 Å². The predicted octanol–water partition coefficient (Wildman–Crippen LogP) is 8.47. The van der Waals surface area contributed by atoms with Crippen LogP contribution < -0.4 is 5.32 Å². The fourth-order valence-electron chi connectivity index (χ4n) is 7.30. The predicted molar refractivity (Wildman–Crippen MR) is 227 cm³/mol. The third-order valence-corrected chi connectivity index (χ3v) is 11.1. The molecule has 8 unspecified atom stereocenters. The first-order chi connectivity index (χ1) is 27.3. The molecule has 1 heterocycles. The zero-order valence-electron chi connectivity index (χ0n) is 35.8. The van der Waals surface area contributed by atoms with Crippen LogP contribution in [-0.2, 0) is 14.3 Å². The monoisotopic (exact) mass is 798 g/mol. The molecule has 0 aliphatic carbocycles. The average Bonchev–Trinajstić information content (AvgIpc) is 3.20. The number of carbonyl (C=O) groups is 1. The minimum Gasteiger partial charge on any atom is -0.394 e. The normalized spacial score (nSPS) is 21.9. The van der Waals surface area contributed by atoms with E-state index in [9.17, 15) is 35.4 Å². The highest BCUT2D eigenvalue weighted by Crippen LogP contribution is 2.23. The Morgan fingerprint density at radius 1 is 0.607 bits per heavy atom. The summed E-state index contributed by atoms with van der Waals surface area (Å²) < 4.78 is 11.1. The second kappa shape index (κ2) is 36.7. The van der Waals surface area contributed by atoms with E-state index in [0.29, 0.717) is 19.3 Å². The van der Waals surface area contributed by atoms with Crippen LogP contribution in [0.3, 0.4) is 0 Å². The molecule has 1 aliphatic rings. The first-order valence-corrected chi connectivity index (χ1v) is 23.2. The molecule has 7 N–H and O–H groups in total. The summed E-state index contributed by atoms with van der Waals surface area (Å²) in [7, 11) is 0. The van der Waals surface area contributed by atoms with Gasteiger partial charge < -0.3 is 45.4 Å². The van der Waals surface area contributed by atoms with Gasteiger partial charge in [-0.1, -0.05) is 192 Å². The highest BCUT2D eigenvalue weighted by molar-refractivity contribution is 5.80. The molecule has 0 radical (unpaired) electrons. The molecule has 1 fully saturated rings. The summed E-state index contributed by atoms with van der Waals surface area (Å²) in [6.45, 7) is 3.59. The number of unbranched alkanes of at least 4 members (excludes halogenated alkanes) is 25. The van der Waals surface area contributed by atoms with E-state index in [4.69, 9.17) is 9.47 Å². The number of carbonyl (C=O) groups excluding carboxylic acids is 1. The Morgan fingerprint density at radius 3 is 1.55 bits per heavy atom. The maximum Gasteiger partial charge on any atom is 0.249 e. The van der Waals surface area contributed by atoms with Gasteiger partial charge in [0.15, 0.2) is 6.29 Å². The number of amides is 1. The molecule has 56 heavy (non-hydrogen) atoms. The second-order valence-corrected chi connectivity index (χ2v) is 16.3. The lowest BCUT2D eigenvalue weighted by Gasteiger charge is -2.40. The molecule has 1 saturated heterocycles. The van der Waals surface area contributed by atoms with Crippen molar-refractivity contribution in [3.63, 3.8) is 0 Å². The SMILES string of the molecule is CCCCCCCCCCC/C=C/CC/C=C/C(O)C(COC1OC(CO)C(O)C(O)C1O)NC(=O)C(O)CCCCCCCCCCCCCCCCCC. The smallest absolute Gasteiger partial charge is 0.249 e. The lowest BCUT2D eigenvalue weighted by Crippen LogP contribution is -2.60. The van der Waals surface area contributed by atoms with Gasteiger partial charge in [0.25, 0.3) is 0 Å². The fourth-order valence-corrected chi connectivity index (χ4v) is 7.30. The van der Waals surface area contributed by atoms with Gasteiger partial charge in [0.1, 0.15) is 30.5 Å². The minimum atomic E-state index is -1.61. The number of ether oxygens (including phenoxy) is 2. The van der Waals surface area contributed by atoms with Gasteiger partial charge in [0.05, 0.1) is 25.4 Å². The van der Waals surface area contributed by atoms with E-state index in [2.05, 4.69) is 31.3 Å². The van der Waals surface area contributed by atoms with Crippen molar-refractivity contribution in [1.82, 2.24) is 5.32 Å². The lowest BCUT2D eigenvalue weighted by molar-refractivity contribution is -0.302. The molecule has 0 saturated carbocycles. The van der Waals surface area contributed by atoms with Gasteiger partial charge >= 0.3 is 0 Å². The third kappa shape index (κ3) is 26.6. The number of hydrogen-bond acceptors (Lipinski definition) is 9. The number of rotatable bonds is 38. The van der Waals surface area contributed by atoms with E-state index >= 15 is 0 Å². The van der Waals surface area contributed by atoms with Crippen molar-refractivity contribution < 1.29 is 44.9 Å². The maximum atomic E-state index is 13.0. The minimum absolute atomic E-state index is 0.307. The van der Waals surface area contributed by atoms with Gasteiger partial charge in [-0.05, 0) is 32.1 Å². The molecular formula is C46H87NO9. The molecule has 0 bridgehead atoms. The van der Waals surface area contributed by atoms with Crippen molar-refractivity contribution >= 4 is 5.91 Å². The fraction of sp³-hybridized carbons (Fsp3) is 0.891. The summed E-state index contributed by atoms with van der Waals surface area (Å²) in [5.74, 6) is -0.625. The number of aliphatic hydroxyl groups excluding tert-OH is 6. The average molecular weight is 798 g/mol. The van der Waals surface area contributed by atoms with Gasteiger partial charge in [-0.25, -0.2) is 0 Å². The van der Waals surface area contributed by atoms with Crippen LogP contribution in [0.1, 0.15) is 200 Å². The first kappa shape index (κ1) is 52.6. The largest absolute Gasteiger partial charge is 0.394 e. The molecule has 1 rings (SSSR count). The van der Waals surface area contributed by atoms with Crippen LogP contribution in [0.15, 0.2) is 24.3 Å². The topological polar surface area (TPSA) is 169 Å². The molecule has 1 amide bonds. The first-order valence-electron chi connectivity index (χ1n) is 23.2. The Bertz CT molecular complexity index is 948. The van der Waals surface area contributed by atoms with Crippen molar-refractivity contribution in [2.24, 2.45) is 0 Å². The van der Waals surface area contributed by atoms with Crippen molar-refractivity contribution in [2.75, 3.05) is 13.2 Å². The molecular weight excluding hydrogens is 711 g/mol. The molecule has 1 aliphatic heterocycles. The third-order valence-electron chi connectivity index (χ3n) is 11.1. The van der Waals surface area contributed by atoms with E-state index in [1.165, 1.54) is 135 Å². The zero-order valence-corrected chi connectivity index (χ0v) is 35.8. The quantitative estimate of drug-likeness (QED) is 0.0239. The van der Waals surface area contributed by atoms with E-state index in [1.54, 1.807) is 6.08 Å². The zero-order chi connectivity index (χ0) is 41.1. The summed E-state index contributed by atoms with van der Waals surface area (Å²) in [6, 6.07) is -0.992. The van der Waals surface area contributed by atoms with Gasteiger partial charge in [-0.15, -0.1) is 0 Å². The standard InChI is InChI=1S/C46H87NO9/c1-3-5-7-9-11-13-15-17-19-21-23-25-27-29-31-33-35-40(50)45(54)47-38(37-55-46-44(53)43(52)42(51)41(36-48)56-46)39(49)34-32-30-28-26-24-22-20-18-16-14-12-10-8-6-4-2/h24,26,32,34,38-44,46,48-53H,3-23,25,27-31,33,35-37H2,1-2H3,(H,47,54)/b26-24+,34-32+.